The number of aryl methyl sites for hydroxylation is 1. The lowest BCUT2D eigenvalue weighted by Crippen LogP contribution is -2.25. The summed E-state index contributed by atoms with van der Waals surface area (Å²) in [5.74, 6) is -0.123. The quantitative estimate of drug-likeness (QED) is 0.427. The average Bonchev–Trinajstić information content (AvgIpc) is 3.18. The minimum absolute atomic E-state index is 0.123. The molecular formula is C24H24N4O. The van der Waals surface area contributed by atoms with E-state index in [9.17, 15) is 4.79 Å². The van der Waals surface area contributed by atoms with Crippen LogP contribution in [0.25, 0.3) is 10.9 Å². The molecule has 0 aliphatic rings. The van der Waals surface area contributed by atoms with Crippen molar-refractivity contribution in [3.05, 3.63) is 89.9 Å². The summed E-state index contributed by atoms with van der Waals surface area (Å²) < 4.78 is 0. The summed E-state index contributed by atoms with van der Waals surface area (Å²) in [6, 6.07) is 18.3. The first-order valence-electron chi connectivity index (χ1n) is 9.87. The van der Waals surface area contributed by atoms with Crippen LogP contribution in [0.1, 0.15) is 28.4 Å². The van der Waals surface area contributed by atoms with Gasteiger partial charge in [0.15, 0.2) is 0 Å². The van der Waals surface area contributed by atoms with E-state index in [1.54, 1.807) is 12.4 Å². The van der Waals surface area contributed by atoms with Crippen molar-refractivity contribution in [1.29, 1.82) is 0 Å². The molecule has 5 heteroatoms. The van der Waals surface area contributed by atoms with E-state index in [1.807, 2.05) is 36.5 Å². The van der Waals surface area contributed by atoms with Gasteiger partial charge < -0.3 is 15.6 Å². The van der Waals surface area contributed by atoms with Crippen molar-refractivity contribution in [2.24, 2.45) is 0 Å². The fraction of sp³-hybridized carbons (Fsp3) is 0.167. The lowest BCUT2D eigenvalue weighted by atomic mass is 10.1. The molecule has 146 valence electrons. The van der Waals surface area contributed by atoms with Gasteiger partial charge in [0.2, 0.25) is 0 Å². The number of aromatic nitrogens is 2. The number of aromatic amines is 1. The Bertz CT molecular complexity index is 1120. The van der Waals surface area contributed by atoms with Crippen LogP contribution in [0.4, 0.5) is 11.4 Å². The maximum atomic E-state index is 12.5. The van der Waals surface area contributed by atoms with Crippen LogP contribution < -0.4 is 10.6 Å². The van der Waals surface area contributed by atoms with E-state index in [2.05, 4.69) is 51.8 Å². The van der Waals surface area contributed by atoms with E-state index in [0.29, 0.717) is 12.1 Å². The summed E-state index contributed by atoms with van der Waals surface area (Å²) >= 11 is 0. The molecule has 5 nitrogen and oxygen atoms in total. The topological polar surface area (TPSA) is 69.8 Å². The summed E-state index contributed by atoms with van der Waals surface area (Å²) in [7, 11) is 0. The van der Waals surface area contributed by atoms with E-state index in [4.69, 9.17) is 0 Å². The maximum absolute atomic E-state index is 12.5. The molecule has 0 unspecified atom stereocenters. The molecule has 1 amide bonds. The SMILES string of the molecule is CCc1ccc(Nc2cncc(C(=O)NCCc3c[nH]c4ccccc34)c2)cc1. The molecule has 4 rings (SSSR count). The number of benzene rings is 2. The number of hydrogen-bond acceptors (Lipinski definition) is 3. The first-order chi connectivity index (χ1) is 14.2. The lowest BCUT2D eigenvalue weighted by Gasteiger charge is -2.09. The number of carbonyl (C=O) groups is 1. The summed E-state index contributed by atoms with van der Waals surface area (Å²) in [6.45, 7) is 2.70. The van der Waals surface area contributed by atoms with Crippen LogP contribution in [0.3, 0.4) is 0 Å². The van der Waals surface area contributed by atoms with Gasteiger partial charge in [0.25, 0.3) is 5.91 Å². The zero-order valence-electron chi connectivity index (χ0n) is 16.4. The molecule has 0 saturated heterocycles. The van der Waals surface area contributed by atoms with Crippen LogP contribution in [-0.4, -0.2) is 22.4 Å². The van der Waals surface area contributed by atoms with Gasteiger partial charge in [-0.15, -0.1) is 0 Å². The zero-order chi connectivity index (χ0) is 20.1. The van der Waals surface area contributed by atoms with Crippen molar-refractivity contribution in [2.45, 2.75) is 19.8 Å². The van der Waals surface area contributed by atoms with E-state index < -0.39 is 0 Å². The molecule has 0 spiro atoms. The summed E-state index contributed by atoms with van der Waals surface area (Å²) in [5.41, 5.74) is 5.91. The Balaban J connectivity index is 1.36. The molecule has 0 fully saturated rings. The lowest BCUT2D eigenvalue weighted by molar-refractivity contribution is 0.0954. The van der Waals surface area contributed by atoms with Gasteiger partial charge in [0.05, 0.1) is 17.4 Å². The average molecular weight is 384 g/mol. The Morgan fingerprint density at radius 3 is 2.69 bits per heavy atom. The van der Waals surface area contributed by atoms with Crippen molar-refractivity contribution >= 4 is 28.2 Å². The third-order valence-electron chi connectivity index (χ3n) is 5.01. The van der Waals surface area contributed by atoms with Crippen LogP contribution in [0.2, 0.25) is 0 Å². The van der Waals surface area contributed by atoms with Gasteiger partial charge in [0, 0.05) is 35.5 Å². The van der Waals surface area contributed by atoms with Crippen LogP contribution in [0.5, 0.6) is 0 Å². The van der Waals surface area contributed by atoms with Gasteiger partial charge in [0.1, 0.15) is 0 Å². The molecule has 4 aromatic rings. The Kier molecular flexibility index (Phi) is 5.56. The Labute approximate surface area is 170 Å². The highest BCUT2D eigenvalue weighted by atomic mass is 16.1. The number of amides is 1. The molecule has 0 aliphatic carbocycles. The van der Waals surface area contributed by atoms with Gasteiger partial charge in [-0.05, 0) is 48.2 Å². The molecule has 2 aromatic heterocycles. The van der Waals surface area contributed by atoms with Crippen LogP contribution in [0, 0.1) is 0 Å². The van der Waals surface area contributed by atoms with E-state index >= 15 is 0 Å². The van der Waals surface area contributed by atoms with Crippen molar-refractivity contribution in [3.8, 4) is 0 Å². The third-order valence-corrected chi connectivity index (χ3v) is 5.01. The largest absolute Gasteiger partial charge is 0.361 e. The molecular weight excluding hydrogens is 360 g/mol. The number of hydrogen-bond donors (Lipinski definition) is 3. The van der Waals surface area contributed by atoms with Crippen molar-refractivity contribution in [3.63, 3.8) is 0 Å². The Morgan fingerprint density at radius 2 is 1.86 bits per heavy atom. The van der Waals surface area contributed by atoms with Gasteiger partial charge >= 0.3 is 0 Å². The van der Waals surface area contributed by atoms with Crippen LogP contribution in [0.15, 0.2) is 73.2 Å². The highest BCUT2D eigenvalue weighted by Gasteiger charge is 2.08. The van der Waals surface area contributed by atoms with Gasteiger partial charge in [-0.2, -0.15) is 0 Å². The van der Waals surface area contributed by atoms with Crippen molar-refractivity contribution in [1.82, 2.24) is 15.3 Å². The number of anilines is 2. The predicted molar refractivity (Wildman–Crippen MR) is 118 cm³/mol. The summed E-state index contributed by atoms with van der Waals surface area (Å²) in [6.07, 6.45) is 7.09. The van der Waals surface area contributed by atoms with Gasteiger partial charge in [-0.3, -0.25) is 9.78 Å². The molecule has 0 bridgehead atoms. The molecule has 0 aliphatic heterocycles. The number of H-pyrrole nitrogens is 1. The number of para-hydroxylation sites is 1. The Hall–Kier alpha value is -3.60. The first-order valence-corrected chi connectivity index (χ1v) is 9.87. The molecule has 3 N–H and O–H groups in total. The number of carbonyl (C=O) groups excluding carboxylic acids is 1. The smallest absolute Gasteiger partial charge is 0.252 e. The Morgan fingerprint density at radius 1 is 1.03 bits per heavy atom. The highest BCUT2D eigenvalue weighted by molar-refractivity contribution is 5.95. The summed E-state index contributed by atoms with van der Waals surface area (Å²) in [4.78, 5) is 20.0. The van der Waals surface area contributed by atoms with Gasteiger partial charge in [-0.25, -0.2) is 0 Å². The van der Waals surface area contributed by atoms with Crippen molar-refractivity contribution in [2.75, 3.05) is 11.9 Å². The molecule has 2 heterocycles. The fourth-order valence-electron chi connectivity index (χ4n) is 3.37. The second-order valence-corrected chi connectivity index (χ2v) is 7.00. The maximum Gasteiger partial charge on any atom is 0.252 e. The number of nitrogens with zero attached hydrogens (tertiary/aromatic N) is 1. The first kappa shape index (κ1) is 18.7. The standard InChI is InChI=1S/C24H24N4O/c1-2-17-7-9-20(10-8-17)28-21-13-19(14-25-16-21)24(29)26-12-11-18-15-27-23-6-4-3-5-22(18)23/h3-10,13-16,27-28H,2,11-12H2,1H3,(H,26,29). The zero-order valence-corrected chi connectivity index (χ0v) is 16.4. The minimum atomic E-state index is -0.123. The molecule has 29 heavy (non-hydrogen) atoms. The molecule has 0 saturated carbocycles. The molecule has 0 atom stereocenters. The number of rotatable bonds is 7. The normalized spacial score (nSPS) is 10.8. The van der Waals surface area contributed by atoms with Gasteiger partial charge in [-0.1, -0.05) is 37.3 Å². The predicted octanol–water partition coefficient (Wildman–Crippen LogP) is 4.84. The second-order valence-electron chi connectivity index (χ2n) is 7.00. The molecule has 0 radical (unpaired) electrons. The second kappa shape index (κ2) is 8.61. The van der Waals surface area contributed by atoms with E-state index in [1.165, 1.54) is 16.5 Å². The monoisotopic (exact) mass is 384 g/mol. The van der Waals surface area contributed by atoms with Crippen LogP contribution in [-0.2, 0) is 12.8 Å². The minimum Gasteiger partial charge on any atom is -0.361 e. The molecule has 2 aromatic carbocycles. The number of pyridine rings is 1. The fourth-order valence-corrected chi connectivity index (χ4v) is 3.37. The van der Waals surface area contributed by atoms with Crippen LogP contribution >= 0.6 is 0 Å². The van der Waals surface area contributed by atoms with Crippen molar-refractivity contribution < 1.29 is 4.79 Å². The summed E-state index contributed by atoms with van der Waals surface area (Å²) in [5, 5.41) is 7.49. The number of fused-ring (bicyclic) bond motifs is 1. The van der Waals surface area contributed by atoms with E-state index in [-0.39, 0.29) is 5.91 Å². The number of nitrogens with one attached hydrogen (secondary N) is 3. The third kappa shape index (κ3) is 4.46. The van der Waals surface area contributed by atoms with E-state index in [0.717, 1.165) is 29.7 Å². The highest BCUT2D eigenvalue weighted by Crippen LogP contribution is 2.19.